The zero-order valence-corrected chi connectivity index (χ0v) is 19.1. The normalized spacial score (nSPS) is 15.9. The van der Waals surface area contributed by atoms with E-state index in [1.165, 1.54) is 0 Å². The number of benzene rings is 3. The van der Waals surface area contributed by atoms with Gasteiger partial charge in [0.1, 0.15) is 0 Å². The van der Waals surface area contributed by atoms with Crippen LogP contribution in [-0.2, 0) is 0 Å². The fourth-order valence-corrected chi connectivity index (χ4v) is 4.78. The van der Waals surface area contributed by atoms with Gasteiger partial charge in [0.05, 0.1) is 5.56 Å². The molecule has 1 unspecified atom stereocenters. The van der Waals surface area contributed by atoms with Crippen LogP contribution in [0.25, 0.3) is 11.1 Å². The van der Waals surface area contributed by atoms with E-state index in [-0.39, 0.29) is 17.7 Å². The molecule has 0 aliphatic carbocycles. The lowest BCUT2D eigenvalue weighted by Gasteiger charge is -2.33. The van der Waals surface area contributed by atoms with Crippen molar-refractivity contribution in [3.8, 4) is 11.1 Å². The van der Waals surface area contributed by atoms with Gasteiger partial charge in [0.2, 0.25) is 0 Å². The minimum Gasteiger partial charge on any atom is -0.352 e. The molecule has 1 aliphatic rings. The highest BCUT2D eigenvalue weighted by Gasteiger charge is 2.26. The van der Waals surface area contributed by atoms with E-state index in [9.17, 15) is 9.59 Å². The highest BCUT2D eigenvalue weighted by atomic mass is 32.2. The largest absolute Gasteiger partial charge is 0.352 e. The van der Waals surface area contributed by atoms with Crippen molar-refractivity contribution in [3.05, 3.63) is 90.0 Å². The fourth-order valence-electron chi connectivity index (χ4n) is 4.19. The molecule has 4 nitrogen and oxygen atoms in total. The fraction of sp³-hybridized carbons (Fsp3) is 0.259. The number of hydrogen-bond acceptors (Lipinski definition) is 3. The molecule has 1 fully saturated rings. The molecule has 1 atom stereocenters. The van der Waals surface area contributed by atoms with Crippen LogP contribution in [0.3, 0.4) is 0 Å². The first-order valence-electron chi connectivity index (χ1n) is 11.0. The molecule has 3 aromatic carbocycles. The second kappa shape index (κ2) is 10.5. The van der Waals surface area contributed by atoms with E-state index in [0.29, 0.717) is 18.7 Å². The Hall–Kier alpha value is -3.05. The molecule has 5 heteroatoms. The molecule has 2 amide bonds. The number of nitrogens with one attached hydrogen (secondary N) is 1. The lowest BCUT2D eigenvalue weighted by Crippen LogP contribution is -2.43. The van der Waals surface area contributed by atoms with Gasteiger partial charge in [0.25, 0.3) is 11.8 Å². The topological polar surface area (TPSA) is 49.4 Å². The Morgan fingerprint density at radius 1 is 0.938 bits per heavy atom. The van der Waals surface area contributed by atoms with E-state index in [0.717, 1.165) is 41.0 Å². The maximum absolute atomic E-state index is 13.1. The molecule has 1 aliphatic heterocycles. The molecule has 1 heterocycles. The van der Waals surface area contributed by atoms with Gasteiger partial charge in [0.15, 0.2) is 0 Å². The first-order valence-corrected chi connectivity index (χ1v) is 12.2. The highest BCUT2D eigenvalue weighted by molar-refractivity contribution is 7.98. The number of carbonyl (C=O) groups is 2. The second-order valence-corrected chi connectivity index (χ2v) is 8.96. The Morgan fingerprint density at radius 2 is 1.62 bits per heavy atom. The van der Waals surface area contributed by atoms with E-state index >= 15 is 0 Å². The van der Waals surface area contributed by atoms with Crippen LogP contribution in [-0.4, -0.2) is 42.6 Å². The van der Waals surface area contributed by atoms with Crippen molar-refractivity contribution in [1.82, 2.24) is 10.2 Å². The van der Waals surface area contributed by atoms with Crippen LogP contribution in [0.4, 0.5) is 0 Å². The van der Waals surface area contributed by atoms with Crippen molar-refractivity contribution >= 4 is 23.6 Å². The van der Waals surface area contributed by atoms with Gasteiger partial charge in [-0.25, -0.2) is 0 Å². The third-order valence-corrected chi connectivity index (χ3v) is 6.74. The van der Waals surface area contributed by atoms with Gasteiger partial charge in [-0.05, 0) is 60.4 Å². The Kier molecular flexibility index (Phi) is 7.28. The molecule has 32 heavy (non-hydrogen) atoms. The van der Waals surface area contributed by atoms with Crippen LogP contribution in [0.5, 0.6) is 0 Å². The summed E-state index contributed by atoms with van der Waals surface area (Å²) in [5.74, 6) is 0.282. The van der Waals surface area contributed by atoms with Gasteiger partial charge in [0, 0.05) is 30.1 Å². The first kappa shape index (κ1) is 22.2. The minimum absolute atomic E-state index is 0.0687. The van der Waals surface area contributed by atoms with Crippen LogP contribution in [0.15, 0.2) is 83.8 Å². The molecule has 0 radical (unpaired) electrons. The Bertz CT molecular complexity index is 1070. The van der Waals surface area contributed by atoms with E-state index in [4.69, 9.17) is 0 Å². The van der Waals surface area contributed by atoms with Crippen molar-refractivity contribution in [3.63, 3.8) is 0 Å². The SMILES string of the molecule is CSc1ccccc1C(=O)N1CCCC(CNC(=O)c2ccc(-c3ccccc3)cc2)C1. The molecule has 164 valence electrons. The number of thioether (sulfide) groups is 1. The van der Waals surface area contributed by atoms with Crippen LogP contribution in [0, 0.1) is 5.92 Å². The number of hydrogen-bond donors (Lipinski definition) is 1. The average molecular weight is 445 g/mol. The van der Waals surface area contributed by atoms with Crippen LogP contribution in [0.2, 0.25) is 0 Å². The van der Waals surface area contributed by atoms with Crippen molar-refractivity contribution in [1.29, 1.82) is 0 Å². The third-order valence-electron chi connectivity index (χ3n) is 5.95. The number of piperidine rings is 1. The van der Waals surface area contributed by atoms with Crippen molar-refractivity contribution in [2.75, 3.05) is 25.9 Å². The molecule has 0 bridgehead atoms. The van der Waals surface area contributed by atoms with Gasteiger partial charge in [-0.15, -0.1) is 11.8 Å². The number of amides is 2. The average Bonchev–Trinajstić information content (AvgIpc) is 2.87. The molecule has 0 saturated carbocycles. The highest BCUT2D eigenvalue weighted by Crippen LogP contribution is 2.24. The summed E-state index contributed by atoms with van der Waals surface area (Å²) in [6.45, 7) is 2.02. The van der Waals surface area contributed by atoms with Crippen LogP contribution < -0.4 is 5.32 Å². The van der Waals surface area contributed by atoms with Gasteiger partial charge in [-0.2, -0.15) is 0 Å². The quantitative estimate of drug-likeness (QED) is 0.521. The second-order valence-electron chi connectivity index (χ2n) is 8.11. The maximum Gasteiger partial charge on any atom is 0.254 e. The van der Waals surface area contributed by atoms with Crippen LogP contribution in [0.1, 0.15) is 33.6 Å². The molecule has 1 N–H and O–H groups in total. The van der Waals surface area contributed by atoms with Gasteiger partial charge in [-0.3, -0.25) is 9.59 Å². The van der Waals surface area contributed by atoms with Crippen molar-refractivity contribution in [2.24, 2.45) is 5.92 Å². The molecular formula is C27H28N2O2S. The van der Waals surface area contributed by atoms with E-state index in [1.54, 1.807) is 11.8 Å². The summed E-state index contributed by atoms with van der Waals surface area (Å²) in [4.78, 5) is 28.7. The summed E-state index contributed by atoms with van der Waals surface area (Å²) in [5.41, 5.74) is 3.65. The zero-order valence-electron chi connectivity index (χ0n) is 18.3. The Morgan fingerprint density at radius 3 is 2.38 bits per heavy atom. The summed E-state index contributed by atoms with van der Waals surface area (Å²) in [6, 6.07) is 25.6. The smallest absolute Gasteiger partial charge is 0.254 e. The van der Waals surface area contributed by atoms with Gasteiger partial charge < -0.3 is 10.2 Å². The molecule has 4 rings (SSSR count). The van der Waals surface area contributed by atoms with E-state index < -0.39 is 0 Å². The number of rotatable bonds is 6. The summed E-state index contributed by atoms with van der Waals surface area (Å²) in [7, 11) is 0. The van der Waals surface area contributed by atoms with Crippen LogP contribution >= 0.6 is 11.8 Å². The number of nitrogens with zero attached hydrogens (tertiary/aromatic N) is 1. The Labute approximate surface area is 194 Å². The summed E-state index contributed by atoms with van der Waals surface area (Å²) in [6.07, 6.45) is 3.97. The number of carbonyl (C=O) groups excluding carboxylic acids is 2. The van der Waals surface area contributed by atoms with Gasteiger partial charge in [-0.1, -0.05) is 54.6 Å². The Balaban J connectivity index is 1.33. The molecule has 0 aromatic heterocycles. The third kappa shape index (κ3) is 5.22. The monoisotopic (exact) mass is 444 g/mol. The predicted molar refractivity (Wildman–Crippen MR) is 131 cm³/mol. The van der Waals surface area contributed by atoms with E-state index in [1.807, 2.05) is 77.9 Å². The molecule has 1 saturated heterocycles. The lowest BCUT2D eigenvalue weighted by atomic mass is 9.97. The molecule has 0 spiro atoms. The zero-order chi connectivity index (χ0) is 22.3. The van der Waals surface area contributed by atoms with Crippen molar-refractivity contribution < 1.29 is 9.59 Å². The maximum atomic E-state index is 13.1. The predicted octanol–water partition coefficient (Wildman–Crippen LogP) is 5.36. The molecule has 3 aromatic rings. The summed E-state index contributed by atoms with van der Waals surface area (Å²) < 4.78 is 0. The summed E-state index contributed by atoms with van der Waals surface area (Å²) in [5, 5.41) is 3.07. The lowest BCUT2D eigenvalue weighted by molar-refractivity contribution is 0.0667. The van der Waals surface area contributed by atoms with E-state index in [2.05, 4.69) is 17.4 Å². The van der Waals surface area contributed by atoms with Crippen molar-refractivity contribution in [2.45, 2.75) is 17.7 Å². The van der Waals surface area contributed by atoms with Gasteiger partial charge >= 0.3 is 0 Å². The number of likely N-dealkylation sites (tertiary alicyclic amines) is 1. The minimum atomic E-state index is -0.0687. The molecular weight excluding hydrogens is 416 g/mol. The standard InChI is InChI=1S/C27H28N2O2S/c1-32-25-12-6-5-11-24(25)27(31)29-17-7-8-20(19-29)18-28-26(30)23-15-13-22(14-16-23)21-9-3-2-4-10-21/h2-6,9-16,20H,7-8,17-19H2,1H3,(H,28,30). The first-order chi connectivity index (χ1) is 15.7. The summed E-state index contributed by atoms with van der Waals surface area (Å²) >= 11 is 1.60.